The molecule has 2 rings (SSSR count). The predicted molar refractivity (Wildman–Crippen MR) is 77.3 cm³/mol. The summed E-state index contributed by atoms with van der Waals surface area (Å²) in [7, 11) is 0. The van der Waals surface area contributed by atoms with Gasteiger partial charge in [-0.2, -0.15) is 0 Å². The fourth-order valence-electron chi connectivity index (χ4n) is 3.78. The highest BCUT2D eigenvalue weighted by molar-refractivity contribution is 5.73. The molecule has 1 unspecified atom stereocenters. The number of aliphatic carboxylic acids is 1. The number of nitrogens with zero attached hydrogens (tertiary/aromatic N) is 1. The van der Waals surface area contributed by atoms with Crippen LogP contribution in [-0.2, 0) is 4.79 Å². The van der Waals surface area contributed by atoms with E-state index in [9.17, 15) is 9.90 Å². The van der Waals surface area contributed by atoms with Crippen LogP contribution in [0.25, 0.3) is 0 Å². The van der Waals surface area contributed by atoms with Gasteiger partial charge in [-0.15, -0.1) is 0 Å². The number of carbonyl (C=O) groups is 1. The highest BCUT2D eigenvalue weighted by Gasteiger charge is 2.31. The van der Waals surface area contributed by atoms with E-state index in [0.717, 1.165) is 19.4 Å². The average Bonchev–Trinajstić information content (AvgIpc) is 2.29. The Hall–Kier alpha value is -0.570. The molecular formula is C16H29NO2. The summed E-state index contributed by atoms with van der Waals surface area (Å²) < 4.78 is 0. The van der Waals surface area contributed by atoms with Crippen molar-refractivity contribution >= 4 is 5.97 Å². The van der Waals surface area contributed by atoms with E-state index < -0.39 is 5.97 Å². The van der Waals surface area contributed by atoms with E-state index in [-0.39, 0.29) is 6.04 Å². The molecule has 0 spiro atoms. The van der Waals surface area contributed by atoms with Crippen molar-refractivity contribution in [2.75, 3.05) is 6.54 Å². The summed E-state index contributed by atoms with van der Waals surface area (Å²) in [5, 5.41) is 9.54. The highest BCUT2D eigenvalue weighted by atomic mass is 16.4. The summed E-state index contributed by atoms with van der Waals surface area (Å²) in [5.74, 6) is -0.594. The minimum absolute atomic E-state index is 0.218. The van der Waals surface area contributed by atoms with Crippen LogP contribution < -0.4 is 0 Å². The van der Waals surface area contributed by atoms with Crippen LogP contribution in [0.1, 0.15) is 77.0 Å². The van der Waals surface area contributed by atoms with Gasteiger partial charge in [-0.25, -0.2) is 0 Å². The van der Waals surface area contributed by atoms with Crippen molar-refractivity contribution < 1.29 is 9.90 Å². The Balaban J connectivity index is 2.03. The lowest BCUT2D eigenvalue weighted by molar-refractivity contribution is -0.145. The largest absolute Gasteiger partial charge is 0.480 e. The van der Waals surface area contributed by atoms with Crippen molar-refractivity contribution in [3.05, 3.63) is 0 Å². The molecule has 0 radical (unpaired) electrons. The summed E-state index contributed by atoms with van der Waals surface area (Å²) in [5.41, 5.74) is 0. The molecule has 3 nitrogen and oxygen atoms in total. The van der Waals surface area contributed by atoms with Gasteiger partial charge >= 0.3 is 5.97 Å². The smallest absolute Gasteiger partial charge is 0.320 e. The van der Waals surface area contributed by atoms with Crippen LogP contribution in [0.2, 0.25) is 0 Å². The molecule has 1 N–H and O–H groups in total. The van der Waals surface area contributed by atoms with Gasteiger partial charge in [0.25, 0.3) is 0 Å². The maximum absolute atomic E-state index is 11.6. The van der Waals surface area contributed by atoms with Crippen molar-refractivity contribution in [2.24, 2.45) is 0 Å². The number of likely N-dealkylation sites (tertiary alicyclic amines) is 1. The molecule has 3 heteroatoms. The molecule has 2 aliphatic rings. The molecule has 110 valence electrons. The molecule has 1 aliphatic carbocycles. The Morgan fingerprint density at radius 3 is 1.95 bits per heavy atom. The maximum atomic E-state index is 11.6. The second kappa shape index (κ2) is 7.88. The first kappa shape index (κ1) is 14.8. The number of carboxylic acids is 1. The monoisotopic (exact) mass is 267 g/mol. The van der Waals surface area contributed by atoms with Gasteiger partial charge in [0, 0.05) is 6.04 Å². The van der Waals surface area contributed by atoms with Crippen molar-refractivity contribution in [3.8, 4) is 0 Å². The van der Waals surface area contributed by atoms with Crippen LogP contribution in [0.4, 0.5) is 0 Å². The van der Waals surface area contributed by atoms with Gasteiger partial charge in [0.1, 0.15) is 6.04 Å². The van der Waals surface area contributed by atoms with E-state index in [4.69, 9.17) is 0 Å². The first-order valence-corrected chi connectivity index (χ1v) is 8.27. The third-order valence-electron chi connectivity index (χ3n) is 4.87. The Bertz CT molecular complexity index is 272. The van der Waals surface area contributed by atoms with Crippen LogP contribution >= 0.6 is 0 Å². The lowest BCUT2D eigenvalue weighted by Crippen LogP contribution is -2.48. The molecular weight excluding hydrogens is 238 g/mol. The highest BCUT2D eigenvalue weighted by Crippen LogP contribution is 2.26. The van der Waals surface area contributed by atoms with Crippen LogP contribution in [0.5, 0.6) is 0 Å². The van der Waals surface area contributed by atoms with Crippen molar-refractivity contribution in [1.82, 2.24) is 4.90 Å². The second-order valence-electron chi connectivity index (χ2n) is 6.29. The van der Waals surface area contributed by atoms with Crippen LogP contribution in [-0.4, -0.2) is 34.6 Å². The third kappa shape index (κ3) is 4.48. The molecule has 1 saturated carbocycles. The third-order valence-corrected chi connectivity index (χ3v) is 4.87. The lowest BCUT2D eigenvalue weighted by atomic mass is 9.92. The molecule has 2 fully saturated rings. The van der Waals surface area contributed by atoms with Gasteiger partial charge in [-0.05, 0) is 32.2 Å². The van der Waals surface area contributed by atoms with Crippen molar-refractivity contribution in [1.29, 1.82) is 0 Å². The Labute approximate surface area is 117 Å². The van der Waals surface area contributed by atoms with Crippen LogP contribution in [0, 0.1) is 0 Å². The lowest BCUT2D eigenvalue weighted by Gasteiger charge is -2.38. The Morgan fingerprint density at radius 1 is 0.789 bits per heavy atom. The second-order valence-corrected chi connectivity index (χ2v) is 6.29. The average molecular weight is 267 g/mol. The van der Waals surface area contributed by atoms with E-state index >= 15 is 0 Å². The predicted octanol–water partition coefficient (Wildman–Crippen LogP) is 3.82. The SMILES string of the molecule is O=C(O)C1CCCCCCN1C1CCCCCCC1. The zero-order valence-corrected chi connectivity index (χ0v) is 12.1. The zero-order chi connectivity index (χ0) is 13.5. The number of rotatable bonds is 2. The quantitative estimate of drug-likeness (QED) is 0.827. The number of carboxylic acid groups (broad SMARTS) is 1. The van der Waals surface area contributed by atoms with Gasteiger partial charge < -0.3 is 5.11 Å². The molecule has 0 amide bonds. The summed E-state index contributed by atoms with van der Waals surface area (Å²) in [6.45, 7) is 1.00. The van der Waals surface area contributed by atoms with Gasteiger partial charge in [-0.1, -0.05) is 51.4 Å². The molecule has 1 saturated heterocycles. The van der Waals surface area contributed by atoms with Gasteiger partial charge in [0.2, 0.25) is 0 Å². The standard InChI is InChI=1S/C16H29NO2/c18-16(19)15-12-8-4-5-9-13-17(15)14-10-6-2-1-3-7-11-14/h14-15H,1-13H2,(H,18,19). The van der Waals surface area contributed by atoms with E-state index in [1.807, 2.05) is 0 Å². The van der Waals surface area contributed by atoms with E-state index in [1.165, 1.54) is 64.2 Å². The number of hydrogen-bond donors (Lipinski definition) is 1. The topological polar surface area (TPSA) is 40.5 Å². The summed E-state index contributed by atoms with van der Waals surface area (Å²) in [4.78, 5) is 13.9. The molecule has 0 aromatic carbocycles. The van der Waals surface area contributed by atoms with Crippen molar-refractivity contribution in [2.45, 2.75) is 89.1 Å². The molecule has 1 aliphatic heterocycles. The van der Waals surface area contributed by atoms with E-state index in [0.29, 0.717) is 6.04 Å². The maximum Gasteiger partial charge on any atom is 0.320 e. The van der Waals surface area contributed by atoms with E-state index in [1.54, 1.807) is 0 Å². The molecule has 1 heterocycles. The fourth-order valence-corrected chi connectivity index (χ4v) is 3.78. The van der Waals surface area contributed by atoms with Gasteiger partial charge in [0.05, 0.1) is 0 Å². The number of hydrogen-bond acceptors (Lipinski definition) is 2. The summed E-state index contributed by atoms with van der Waals surface area (Å²) in [6, 6.07) is 0.309. The molecule has 0 bridgehead atoms. The normalized spacial score (nSPS) is 28.9. The van der Waals surface area contributed by atoms with Gasteiger partial charge in [-0.3, -0.25) is 9.69 Å². The minimum Gasteiger partial charge on any atom is -0.480 e. The zero-order valence-electron chi connectivity index (χ0n) is 12.1. The van der Waals surface area contributed by atoms with E-state index in [2.05, 4.69) is 4.90 Å². The van der Waals surface area contributed by atoms with Gasteiger partial charge in [0.15, 0.2) is 0 Å². The summed E-state index contributed by atoms with van der Waals surface area (Å²) >= 11 is 0. The Morgan fingerprint density at radius 2 is 1.32 bits per heavy atom. The minimum atomic E-state index is -0.594. The van der Waals surface area contributed by atoms with Crippen LogP contribution in [0.15, 0.2) is 0 Å². The molecule has 0 aromatic heterocycles. The van der Waals surface area contributed by atoms with Crippen LogP contribution in [0.3, 0.4) is 0 Å². The molecule has 1 atom stereocenters. The summed E-state index contributed by atoms with van der Waals surface area (Å²) in [6.07, 6.45) is 14.6. The molecule has 19 heavy (non-hydrogen) atoms. The Kier molecular flexibility index (Phi) is 6.15. The first-order chi connectivity index (χ1) is 9.29. The van der Waals surface area contributed by atoms with Crippen molar-refractivity contribution in [3.63, 3.8) is 0 Å². The fraction of sp³-hybridized carbons (Fsp3) is 0.938. The molecule has 0 aromatic rings. The first-order valence-electron chi connectivity index (χ1n) is 8.27.